The molecule has 5 heteroatoms. The normalized spacial score (nSPS) is 12.8. The van der Waals surface area contributed by atoms with E-state index in [1.54, 1.807) is 0 Å². The molecule has 0 aliphatic rings. The highest BCUT2D eigenvalue weighted by atomic mass is 19.1. The first-order valence-electron chi connectivity index (χ1n) is 6.73. The van der Waals surface area contributed by atoms with E-state index in [-0.39, 0.29) is 23.3 Å². The van der Waals surface area contributed by atoms with Crippen molar-refractivity contribution in [2.45, 2.75) is 26.3 Å². The summed E-state index contributed by atoms with van der Waals surface area (Å²) in [5.74, 6) is -0.834. The number of halogens is 1. The van der Waals surface area contributed by atoms with Crippen LogP contribution < -0.4 is 5.32 Å². The second-order valence-electron chi connectivity index (χ2n) is 5.72. The van der Waals surface area contributed by atoms with E-state index in [1.165, 1.54) is 6.07 Å². The van der Waals surface area contributed by atoms with E-state index in [1.807, 2.05) is 19.0 Å². The molecule has 1 amide bonds. The first-order chi connectivity index (χ1) is 9.29. The Hall–Kier alpha value is -1.62. The van der Waals surface area contributed by atoms with Gasteiger partial charge < -0.3 is 15.3 Å². The van der Waals surface area contributed by atoms with E-state index in [9.17, 15) is 14.3 Å². The summed E-state index contributed by atoms with van der Waals surface area (Å²) in [6, 6.07) is 3.39. The summed E-state index contributed by atoms with van der Waals surface area (Å²) in [7, 11) is 3.88. The summed E-state index contributed by atoms with van der Waals surface area (Å²) < 4.78 is 12.9. The lowest BCUT2D eigenvalue weighted by Crippen LogP contribution is -2.42. The number of likely N-dealkylation sites (N-methyl/N-ethyl adjacent to an activating group) is 1. The maximum Gasteiger partial charge on any atom is 0.255 e. The molecule has 1 rings (SSSR count). The Morgan fingerprint density at radius 3 is 2.55 bits per heavy atom. The van der Waals surface area contributed by atoms with Gasteiger partial charge in [0.15, 0.2) is 0 Å². The highest BCUT2D eigenvalue weighted by Gasteiger charge is 2.18. The van der Waals surface area contributed by atoms with E-state index in [0.29, 0.717) is 12.5 Å². The van der Waals surface area contributed by atoms with Crippen LogP contribution in [0.2, 0.25) is 0 Å². The smallest absolute Gasteiger partial charge is 0.255 e. The molecule has 112 valence electrons. The fraction of sp³-hybridized carbons (Fsp3) is 0.533. The molecule has 0 saturated heterocycles. The van der Waals surface area contributed by atoms with Crippen molar-refractivity contribution in [3.8, 4) is 5.75 Å². The Morgan fingerprint density at radius 2 is 2.05 bits per heavy atom. The van der Waals surface area contributed by atoms with E-state index in [2.05, 4.69) is 19.2 Å². The molecular weight excluding hydrogens is 259 g/mol. The van der Waals surface area contributed by atoms with Crippen LogP contribution in [0.3, 0.4) is 0 Å². The van der Waals surface area contributed by atoms with Gasteiger partial charge in [0, 0.05) is 18.7 Å². The average Bonchev–Trinajstić information content (AvgIpc) is 2.26. The van der Waals surface area contributed by atoms with Crippen LogP contribution in [0.25, 0.3) is 0 Å². The minimum Gasteiger partial charge on any atom is -0.507 e. The number of rotatable bonds is 6. The van der Waals surface area contributed by atoms with Crippen LogP contribution in [0, 0.1) is 11.7 Å². The quantitative estimate of drug-likeness (QED) is 0.841. The number of nitrogens with zero attached hydrogens (tertiary/aromatic N) is 1. The second-order valence-corrected chi connectivity index (χ2v) is 5.72. The predicted molar refractivity (Wildman–Crippen MR) is 77.3 cm³/mol. The molecule has 4 nitrogen and oxygen atoms in total. The molecule has 1 aromatic carbocycles. The van der Waals surface area contributed by atoms with Crippen molar-refractivity contribution in [1.29, 1.82) is 0 Å². The molecule has 0 heterocycles. The van der Waals surface area contributed by atoms with Crippen LogP contribution in [0.1, 0.15) is 30.6 Å². The minimum absolute atomic E-state index is 0.0121. The van der Waals surface area contributed by atoms with Crippen LogP contribution >= 0.6 is 0 Å². The van der Waals surface area contributed by atoms with Crippen LogP contribution in [-0.4, -0.2) is 42.6 Å². The van der Waals surface area contributed by atoms with E-state index in [0.717, 1.165) is 18.6 Å². The Balaban J connectivity index is 2.78. The number of aromatic hydroxyl groups is 1. The SMILES string of the molecule is CC(C)CC(CN(C)C)NC(=O)c1ccc(F)cc1O. The second kappa shape index (κ2) is 7.24. The number of nitrogens with one attached hydrogen (secondary N) is 1. The van der Waals surface area contributed by atoms with Crippen LogP contribution in [-0.2, 0) is 0 Å². The number of hydrogen-bond acceptors (Lipinski definition) is 3. The molecular formula is C15H23FN2O2. The molecule has 0 aliphatic carbocycles. The van der Waals surface area contributed by atoms with Gasteiger partial charge in [-0.15, -0.1) is 0 Å². The number of phenols is 1. The lowest BCUT2D eigenvalue weighted by molar-refractivity contribution is 0.0922. The fourth-order valence-corrected chi connectivity index (χ4v) is 2.15. The number of amides is 1. The minimum atomic E-state index is -0.564. The molecule has 0 spiro atoms. The zero-order valence-electron chi connectivity index (χ0n) is 12.5. The fourth-order valence-electron chi connectivity index (χ4n) is 2.15. The highest BCUT2D eigenvalue weighted by molar-refractivity contribution is 5.96. The maximum absolute atomic E-state index is 12.9. The van der Waals surface area contributed by atoms with E-state index >= 15 is 0 Å². The number of carbonyl (C=O) groups excluding carboxylic acids is 1. The first-order valence-corrected chi connectivity index (χ1v) is 6.73. The van der Waals surface area contributed by atoms with Crippen LogP contribution in [0.4, 0.5) is 4.39 Å². The van der Waals surface area contributed by atoms with Crippen molar-refractivity contribution in [3.63, 3.8) is 0 Å². The molecule has 0 saturated carbocycles. The number of phenolic OH excluding ortho intramolecular Hbond substituents is 1. The van der Waals surface area contributed by atoms with E-state index in [4.69, 9.17) is 0 Å². The summed E-state index contributed by atoms with van der Waals surface area (Å²) >= 11 is 0. The number of benzene rings is 1. The van der Waals surface area contributed by atoms with Crippen LogP contribution in [0.5, 0.6) is 5.75 Å². The topological polar surface area (TPSA) is 52.6 Å². The average molecular weight is 282 g/mol. The molecule has 0 aliphatic heterocycles. The van der Waals surface area contributed by atoms with Crippen molar-refractivity contribution >= 4 is 5.91 Å². The van der Waals surface area contributed by atoms with Crippen molar-refractivity contribution in [2.75, 3.05) is 20.6 Å². The summed E-state index contributed by atoms with van der Waals surface area (Å²) in [5.41, 5.74) is 0.0962. The molecule has 0 radical (unpaired) electrons. The van der Waals surface area contributed by atoms with Gasteiger partial charge in [0.05, 0.1) is 5.56 Å². The largest absolute Gasteiger partial charge is 0.507 e. The van der Waals surface area contributed by atoms with Gasteiger partial charge >= 0.3 is 0 Å². The zero-order chi connectivity index (χ0) is 15.3. The lowest BCUT2D eigenvalue weighted by atomic mass is 10.0. The molecule has 1 unspecified atom stereocenters. The van der Waals surface area contributed by atoms with Crippen LogP contribution in [0.15, 0.2) is 18.2 Å². The number of hydrogen-bond donors (Lipinski definition) is 2. The Bertz CT molecular complexity index is 451. The molecule has 20 heavy (non-hydrogen) atoms. The lowest BCUT2D eigenvalue weighted by Gasteiger charge is -2.24. The number of carbonyl (C=O) groups is 1. The molecule has 0 fully saturated rings. The van der Waals surface area contributed by atoms with Crippen molar-refractivity contribution < 1.29 is 14.3 Å². The third kappa shape index (κ3) is 5.17. The predicted octanol–water partition coefficient (Wildman–Crippen LogP) is 2.24. The molecule has 1 atom stereocenters. The monoisotopic (exact) mass is 282 g/mol. The third-order valence-corrected chi connectivity index (χ3v) is 2.88. The maximum atomic E-state index is 12.9. The van der Waals surface area contributed by atoms with Gasteiger partial charge in [-0.3, -0.25) is 4.79 Å². The molecule has 1 aromatic rings. The van der Waals surface area contributed by atoms with Crippen molar-refractivity contribution in [2.24, 2.45) is 5.92 Å². The third-order valence-electron chi connectivity index (χ3n) is 2.88. The van der Waals surface area contributed by atoms with Gasteiger partial charge in [0.25, 0.3) is 5.91 Å². The Morgan fingerprint density at radius 1 is 1.40 bits per heavy atom. The Labute approximate surface area is 119 Å². The van der Waals surface area contributed by atoms with Gasteiger partial charge in [0.2, 0.25) is 0 Å². The summed E-state index contributed by atoms with van der Waals surface area (Å²) in [6.45, 7) is 4.89. The molecule has 2 N–H and O–H groups in total. The zero-order valence-corrected chi connectivity index (χ0v) is 12.5. The first kappa shape index (κ1) is 16.4. The summed E-state index contributed by atoms with van der Waals surface area (Å²) in [4.78, 5) is 14.1. The van der Waals surface area contributed by atoms with Gasteiger partial charge in [-0.2, -0.15) is 0 Å². The van der Waals surface area contributed by atoms with Crippen molar-refractivity contribution in [1.82, 2.24) is 10.2 Å². The van der Waals surface area contributed by atoms with Gasteiger partial charge in [0.1, 0.15) is 11.6 Å². The van der Waals surface area contributed by atoms with Crippen molar-refractivity contribution in [3.05, 3.63) is 29.6 Å². The van der Waals surface area contributed by atoms with Gasteiger partial charge in [-0.25, -0.2) is 4.39 Å². The summed E-state index contributed by atoms with van der Waals surface area (Å²) in [5, 5.41) is 12.5. The van der Waals surface area contributed by atoms with Gasteiger partial charge in [-0.1, -0.05) is 13.8 Å². The highest BCUT2D eigenvalue weighted by Crippen LogP contribution is 2.18. The molecule has 0 aromatic heterocycles. The van der Waals surface area contributed by atoms with E-state index < -0.39 is 5.82 Å². The standard InChI is InChI=1S/C15H23FN2O2/c1-10(2)7-12(9-18(3)4)17-15(20)13-6-5-11(16)8-14(13)19/h5-6,8,10,12,19H,7,9H2,1-4H3,(H,17,20). The molecule has 0 bridgehead atoms. The Kier molecular flexibility index (Phi) is 5.95. The summed E-state index contributed by atoms with van der Waals surface area (Å²) in [6.07, 6.45) is 0.839. The van der Waals surface area contributed by atoms with Gasteiger partial charge in [-0.05, 0) is 38.6 Å².